The summed E-state index contributed by atoms with van der Waals surface area (Å²) in [6, 6.07) is 0.138. The van der Waals surface area contributed by atoms with Gasteiger partial charge in [-0.2, -0.15) is 0 Å². The molecule has 0 atom stereocenters. The first kappa shape index (κ1) is 11.7. The molecule has 4 nitrogen and oxygen atoms in total. The van der Waals surface area contributed by atoms with Gasteiger partial charge in [0.25, 0.3) is 0 Å². The number of piperidine rings is 1. The van der Waals surface area contributed by atoms with Gasteiger partial charge in [0, 0.05) is 38.1 Å². The molecule has 0 saturated carbocycles. The van der Waals surface area contributed by atoms with Gasteiger partial charge < -0.3 is 15.5 Å². The van der Waals surface area contributed by atoms with Gasteiger partial charge in [0.1, 0.15) is 0 Å². The highest BCUT2D eigenvalue weighted by Crippen LogP contribution is 2.33. The maximum Gasteiger partial charge on any atom is 0.317 e. The second-order valence-electron chi connectivity index (χ2n) is 5.21. The first-order chi connectivity index (χ1) is 7.76. The molecular weight excluding hydrogens is 202 g/mol. The molecule has 2 N–H and O–H groups in total. The molecule has 2 heterocycles. The monoisotopic (exact) mass is 225 g/mol. The Morgan fingerprint density at radius 3 is 2.94 bits per heavy atom. The number of unbranched alkanes of at least 4 members (excludes halogenated alkanes) is 1. The predicted molar refractivity (Wildman–Crippen MR) is 64.4 cm³/mol. The number of hydrogen-bond donors (Lipinski definition) is 2. The molecule has 0 unspecified atom stereocenters. The van der Waals surface area contributed by atoms with Crippen LogP contribution in [0.25, 0.3) is 0 Å². The molecule has 0 radical (unpaired) electrons. The summed E-state index contributed by atoms with van der Waals surface area (Å²) in [5, 5.41) is 6.33. The zero-order chi connectivity index (χ0) is 11.4. The minimum absolute atomic E-state index is 0.138. The summed E-state index contributed by atoms with van der Waals surface area (Å²) < 4.78 is 0. The SMILES string of the molecule is CCCCNC(=O)N1CCCC2(CNC2)C1. The van der Waals surface area contributed by atoms with Gasteiger partial charge >= 0.3 is 6.03 Å². The van der Waals surface area contributed by atoms with Crippen molar-refractivity contribution in [2.45, 2.75) is 32.6 Å². The number of rotatable bonds is 3. The molecule has 0 aromatic heterocycles. The van der Waals surface area contributed by atoms with E-state index < -0.39 is 0 Å². The predicted octanol–water partition coefficient (Wildman–Crippen LogP) is 1.18. The van der Waals surface area contributed by atoms with E-state index in [-0.39, 0.29) is 6.03 Å². The van der Waals surface area contributed by atoms with Crippen molar-refractivity contribution < 1.29 is 4.79 Å². The van der Waals surface area contributed by atoms with Crippen LogP contribution in [0.4, 0.5) is 4.79 Å². The van der Waals surface area contributed by atoms with Crippen LogP contribution in [0.15, 0.2) is 0 Å². The van der Waals surface area contributed by atoms with Crippen LogP contribution in [0, 0.1) is 5.41 Å². The Bertz CT molecular complexity index is 251. The van der Waals surface area contributed by atoms with Gasteiger partial charge in [-0.15, -0.1) is 0 Å². The summed E-state index contributed by atoms with van der Waals surface area (Å²) >= 11 is 0. The lowest BCUT2D eigenvalue weighted by atomic mass is 9.75. The van der Waals surface area contributed by atoms with Crippen LogP contribution >= 0.6 is 0 Å². The van der Waals surface area contributed by atoms with E-state index in [1.165, 1.54) is 6.42 Å². The normalized spacial score (nSPS) is 22.9. The quantitative estimate of drug-likeness (QED) is 0.708. The van der Waals surface area contributed by atoms with Crippen molar-refractivity contribution in [3.05, 3.63) is 0 Å². The van der Waals surface area contributed by atoms with E-state index in [9.17, 15) is 4.79 Å². The van der Waals surface area contributed by atoms with E-state index in [4.69, 9.17) is 0 Å². The number of hydrogen-bond acceptors (Lipinski definition) is 2. The number of nitrogens with one attached hydrogen (secondary N) is 2. The molecule has 92 valence electrons. The highest BCUT2D eigenvalue weighted by Gasteiger charge is 2.41. The van der Waals surface area contributed by atoms with Gasteiger partial charge in [-0.05, 0) is 19.3 Å². The summed E-state index contributed by atoms with van der Waals surface area (Å²) in [5.74, 6) is 0. The third-order valence-corrected chi connectivity index (χ3v) is 3.76. The fourth-order valence-electron chi connectivity index (χ4n) is 2.63. The maximum atomic E-state index is 11.9. The summed E-state index contributed by atoms with van der Waals surface area (Å²) in [4.78, 5) is 13.9. The van der Waals surface area contributed by atoms with Crippen LogP contribution in [-0.4, -0.2) is 43.7 Å². The molecule has 2 aliphatic heterocycles. The standard InChI is InChI=1S/C12H23N3O/c1-2-3-6-14-11(16)15-7-4-5-12(10-15)8-13-9-12/h13H,2-10H2,1H3,(H,14,16). The smallest absolute Gasteiger partial charge is 0.317 e. The summed E-state index contributed by atoms with van der Waals surface area (Å²) in [6.07, 6.45) is 4.64. The minimum Gasteiger partial charge on any atom is -0.338 e. The lowest BCUT2D eigenvalue weighted by molar-refractivity contribution is 0.0586. The van der Waals surface area contributed by atoms with Gasteiger partial charge in [0.15, 0.2) is 0 Å². The first-order valence-electron chi connectivity index (χ1n) is 6.49. The van der Waals surface area contributed by atoms with E-state index in [2.05, 4.69) is 17.6 Å². The van der Waals surface area contributed by atoms with Gasteiger partial charge in [0.05, 0.1) is 0 Å². The van der Waals surface area contributed by atoms with Crippen LogP contribution in [0.1, 0.15) is 32.6 Å². The van der Waals surface area contributed by atoms with E-state index >= 15 is 0 Å². The molecular formula is C12H23N3O. The number of carbonyl (C=O) groups is 1. The lowest BCUT2D eigenvalue weighted by Crippen LogP contribution is -2.62. The fraction of sp³-hybridized carbons (Fsp3) is 0.917. The van der Waals surface area contributed by atoms with Gasteiger partial charge in [-0.3, -0.25) is 0 Å². The third-order valence-electron chi connectivity index (χ3n) is 3.76. The highest BCUT2D eigenvalue weighted by atomic mass is 16.2. The van der Waals surface area contributed by atoms with Crippen LogP contribution in [0.3, 0.4) is 0 Å². The van der Waals surface area contributed by atoms with E-state index in [0.29, 0.717) is 5.41 Å². The molecule has 2 aliphatic rings. The molecule has 16 heavy (non-hydrogen) atoms. The van der Waals surface area contributed by atoms with E-state index in [1.54, 1.807) is 0 Å². The second kappa shape index (κ2) is 5.04. The largest absolute Gasteiger partial charge is 0.338 e. The first-order valence-corrected chi connectivity index (χ1v) is 6.49. The Kier molecular flexibility index (Phi) is 3.69. The Hall–Kier alpha value is -0.770. The zero-order valence-corrected chi connectivity index (χ0v) is 10.2. The molecule has 0 aromatic rings. The molecule has 2 rings (SSSR count). The Morgan fingerprint density at radius 2 is 2.31 bits per heavy atom. The van der Waals surface area contributed by atoms with Crippen molar-refractivity contribution in [2.24, 2.45) is 5.41 Å². The van der Waals surface area contributed by atoms with Crippen molar-refractivity contribution in [3.8, 4) is 0 Å². The van der Waals surface area contributed by atoms with Gasteiger partial charge in [-0.1, -0.05) is 13.3 Å². The second-order valence-corrected chi connectivity index (χ2v) is 5.21. The average Bonchev–Trinajstić information content (AvgIpc) is 2.27. The number of carbonyl (C=O) groups excluding carboxylic acids is 1. The molecule has 2 saturated heterocycles. The Labute approximate surface area is 97.8 Å². The highest BCUT2D eigenvalue weighted by molar-refractivity contribution is 5.74. The van der Waals surface area contributed by atoms with Gasteiger partial charge in [0.2, 0.25) is 0 Å². The molecule has 2 amide bonds. The van der Waals surface area contributed by atoms with Gasteiger partial charge in [-0.25, -0.2) is 4.79 Å². The van der Waals surface area contributed by atoms with Crippen LogP contribution in [0.5, 0.6) is 0 Å². The molecule has 2 fully saturated rings. The summed E-state index contributed by atoms with van der Waals surface area (Å²) in [7, 11) is 0. The zero-order valence-electron chi connectivity index (χ0n) is 10.2. The molecule has 0 aliphatic carbocycles. The van der Waals surface area contributed by atoms with E-state index in [1.807, 2.05) is 4.90 Å². The lowest BCUT2D eigenvalue weighted by Gasteiger charge is -2.49. The van der Waals surface area contributed by atoms with E-state index in [0.717, 1.165) is 52.0 Å². The maximum absolute atomic E-state index is 11.9. The molecule has 0 aromatic carbocycles. The third kappa shape index (κ3) is 2.48. The summed E-state index contributed by atoms with van der Waals surface area (Å²) in [6.45, 7) is 7.01. The summed E-state index contributed by atoms with van der Waals surface area (Å²) in [5.41, 5.74) is 0.403. The Balaban J connectivity index is 1.77. The van der Waals surface area contributed by atoms with Crippen molar-refractivity contribution in [3.63, 3.8) is 0 Å². The topological polar surface area (TPSA) is 44.4 Å². The van der Waals surface area contributed by atoms with Crippen LogP contribution < -0.4 is 10.6 Å². The molecule has 4 heteroatoms. The number of urea groups is 1. The number of nitrogens with zero attached hydrogens (tertiary/aromatic N) is 1. The van der Waals surface area contributed by atoms with Crippen LogP contribution in [0.2, 0.25) is 0 Å². The van der Waals surface area contributed by atoms with Crippen molar-refractivity contribution in [1.82, 2.24) is 15.5 Å². The molecule has 0 bridgehead atoms. The molecule has 1 spiro atoms. The Morgan fingerprint density at radius 1 is 1.50 bits per heavy atom. The van der Waals surface area contributed by atoms with Crippen LogP contribution in [-0.2, 0) is 0 Å². The van der Waals surface area contributed by atoms with Crippen molar-refractivity contribution in [2.75, 3.05) is 32.7 Å². The number of amides is 2. The van der Waals surface area contributed by atoms with Crippen molar-refractivity contribution >= 4 is 6.03 Å². The fourth-order valence-corrected chi connectivity index (χ4v) is 2.63. The number of likely N-dealkylation sites (tertiary alicyclic amines) is 1. The average molecular weight is 225 g/mol. The van der Waals surface area contributed by atoms with Crippen molar-refractivity contribution in [1.29, 1.82) is 0 Å². The minimum atomic E-state index is 0.138.